The molecule has 2 aromatic rings. The van der Waals surface area contributed by atoms with Gasteiger partial charge in [-0.25, -0.2) is 0 Å². The van der Waals surface area contributed by atoms with Gasteiger partial charge in [-0.15, -0.1) is 0 Å². The van der Waals surface area contributed by atoms with Gasteiger partial charge in [0, 0.05) is 18.7 Å². The Kier molecular flexibility index (Phi) is 6.26. The minimum Gasteiger partial charge on any atom is -0.507 e. The van der Waals surface area contributed by atoms with Crippen LogP contribution in [0.5, 0.6) is 0 Å². The summed E-state index contributed by atoms with van der Waals surface area (Å²) in [5, 5.41) is 10.9. The van der Waals surface area contributed by atoms with Crippen LogP contribution in [-0.2, 0) is 9.59 Å². The molecule has 1 atom stereocenters. The summed E-state index contributed by atoms with van der Waals surface area (Å²) >= 11 is 0. The van der Waals surface area contributed by atoms with Crippen LogP contribution in [0.25, 0.3) is 5.76 Å². The van der Waals surface area contributed by atoms with Crippen LogP contribution in [0.15, 0.2) is 66.2 Å². The minimum absolute atomic E-state index is 0.127. The number of amides is 1. The highest BCUT2D eigenvalue weighted by molar-refractivity contribution is 6.46. The Hall–Kier alpha value is -2.92. The number of likely N-dealkylation sites (tertiary alicyclic amines) is 1. The van der Waals surface area contributed by atoms with E-state index < -0.39 is 17.7 Å². The van der Waals surface area contributed by atoms with Crippen molar-refractivity contribution in [3.63, 3.8) is 0 Å². The van der Waals surface area contributed by atoms with Gasteiger partial charge >= 0.3 is 0 Å². The van der Waals surface area contributed by atoms with Crippen LogP contribution in [0.1, 0.15) is 31.0 Å². The molecular weight excluding hydrogens is 352 g/mol. The maximum atomic E-state index is 12.9. The molecule has 1 saturated heterocycles. The van der Waals surface area contributed by atoms with Crippen molar-refractivity contribution in [3.05, 3.63) is 77.4 Å². The fourth-order valence-electron chi connectivity index (χ4n) is 3.63. The molecule has 1 aliphatic rings. The van der Waals surface area contributed by atoms with Crippen LogP contribution in [0.4, 0.5) is 0 Å². The molecule has 2 aromatic carbocycles. The topological polar surface area (TPSA) is 60.9 Å². The lowest BCUT2D eigenvalue weighted by atomic mass is 9.95. The van der Waals surface area contributed by atoms with Crippen LogP contribution in [0.2, 0.25) is 0 Å². The number of nitrogens with zero attached hydrogens (tertiary/aromatic N) is 2. The highest BCUT2D eigenvalue weighted by Gasteiger charge is 2.45. The molecule has 0 aromatic heterocycles. The third-order valence-electron chi connectivity index (χ3n) is 5.25. The van der Waals surface area contributed by atoms with Crippen LogP contribution in [0, 0.1) is 0 Å². The highest BCUT2D eigenvalue weighted by Crippen LogP contribution is 2.39. The molecule has 5 nitrogen and oxygen atoms in total. The number of aliphatic hydroxyl groups is 1. The van der Waals surface area contributed by atoms with E-state index in [9.17, 15) is 14.7 Å². The number of rotatable bonds is 7. The maximum absolute atomic E-state index is 12.9. The first-order valence-corrected chi connectivity index (χ1v) is 9.69. The largest absolute Gasteiger partial charge is 0.507 e. The lowest BCUT2D eigenvalue weighted by Crippen LogP contribution is -2.38. The van der Waals surface area contributed by atoms with Gasteiger partial charge in [0.25, 0.3) is 11.7 Å². The monoisotopic (exact) mass is 378 g/mol. The number of hydrogen-bond donors (Lipinski definition) is 1. The van der Waals surface area contributed by atoms with Crippen molar-refractivity contribution in [2.24, 2.45) is 0 Å². The molecule has 1 amide bonds. The summed E-state index contributed by atoms with van der Waals surface area (Å²) in [6.45, 7) is 7.00. The van der Waals surface area contributed by atoms with Crippen LogP contribution >= 0.6 is 0 Å². The van der Waals surface area contributed by atoms with Gasteiger partial charge in [0.2, 0.25) is 0 Å². The summed E-state index contributed by atoms with van der Waals surface area (Å²) in [5.41, 5.74) is 1.51. The van der Waals surface area contributed by atoms with Gasteiger partial charge in [0.1, 0.15) is 5.76 Å². The number of benzene rings is 2. The normalized spacial score (nSPS) is 18.8. The van der Waals surface area contributed by atoms with Crippen LogP contribution in [-0.4, -0.2) is 52.8 Å². The molecule has 1 N–H and O–H groups in total. The second-order valence-corrected chi connectivity index (χ2v) is 6.80. The zero-order valence-electron chi connectivity index (χ0n) is 16.3. The second kappa shape index (κ2) is 8.85. The fourth-order valence-corrected chi connectivity index (χ4v) is 3.63. The average molecular weight is 378 g/mol. The average Bonchev–Trinajstić information content (AvgIpc) is 3.00. The molecule has 1 heterocycles. The number of likely N-dealkylation sites (N-methyl/N-ethyl adjacent to an activating group) is 1. The number of ketones is 1. The first kappa shape index (κ1) is 19.8. The van der Waals surface area contributed by atoms with E-state index in [4.69, 9.17) is 0 Å². The summed E-state index contributed by atoms with van der Waals surface area (Å²) < 4.78 is 0. The van der Waals surface area contributed by atoms with E-state index in [-0.39, 0.29) is 11.3 Å². The molecule has 0 saturated carbocycles. The summed E-state index contributed by atoms with van der Waals surface area (Å²) in [5.74, 6) is -1.31. The highest BCUT2D eigenvalue weighted by atomic mass is 16.3. The molecule has 28 heavy (non-hydrogen) atoms. The Morgan fingerprint density at radius 1 is 0.964 bits per heavy atom. The van der Waals surface area contributed by atoms with Crippen molar-refractivity contribution in [3.8, 4) is 0 Å². The van der Waals surface area contributed by atoms with Gasteiger partial charge in [0.15, 0.2) is 0 Å². The first-order valence-electron chi connectivity index (χ1n) is 9.69. The number of carbonyl (C=O) groups excluding carboxylic acids is 2. The smallest absolute Gasteiger partial charge is 0.295 e. The molecule has 5 heteroatoms. The molecule has 0 aliphatic carbocycles. The van der Waals surface area contributed by atoms with E-state index >= 15 is 0 Å². The molecular formula is C23H26N2O3. The standard InChI is InChI=1S/C23H26N2O3/c1-3-24(4-2)15-16-25-20(17-11-7-5-8-12-17)19(22(27)23(25)28)21(26)18-13-9-6-10-14-18/h5-14,20,26H,3-4,15-16H2,1-2H3/t20-/m0/s1. The Bertz CT molecular complexity index is 858. The lowest BCUT2D eigenvalue weighted by Gasteiger charge is -2.28. The molecule has 146 valence electrons. The zero-order valence-corrected chi connectivity index (χ0v) is 16.3. The first-order chi connectivity index (χ1) is 13.6. The molecule has 0 radical (unpaired) electrons. The summed E-state index contributed by atoms with van der Waals surface area (Å²) in [6.07, 6.45) is 0. The van der Waals surface area contributed by atoms with Crippen LogP contribution < -0.4 is 0 Å². The number of aliphatic hydroxyl groups excluding tert-OH is 1. The van der Waals surface area contributed by atoms with Gasteiger partial charge in [-0.05, 0) is 18.7 Å². The zero-order chi connectivity index (χ0) is 20.1. The summed E-state index contributed by atoms with van der Waals surface area (Å²) in [6, 6.07) is 17.7. The van der Waals surface area contributed by atoms with Crippen molar-refractivity contribution in [1.82, 2.24) is 9.80 Å². The van der Waals surface area contributed by atoms with Crippen molar-refractivity contribution < 1.29 is 14.7 Å². The SMILES string of the molecule is CCN(CC)CCN1C(=O)C(=O)C(=C(O)c2ccccc2)[C@@H]1c1ccccc1. The molecule has 0 spiro atoms. The molecule has 1 fully saturated rings. The van der Waals surface area contributed by atoms with E-state index in [0.29, 0.717) is 18.7 Å². The van der Waals surface area contributed by atoms with Crippen LogP contribution in [0.3, 0.4) is 0 Å². The van der Waals surface area contributed by atoms with E-state index in [1.165, 1.54) is 0 Å². The Morgan fingerprint density at radius 2 is 1.54 bits per heavy atom. The van der Waals surface area contributed by atoms with E-state index in [0.717, 1.165) is 18.7 Å². The quantitative estimate of drug-likeness (QED) is 0.455. The van der Waals surface area contributed by atoms with Crippen molar-refractivity contribution in [2.45, 2.75) is 19.9 Å². The summed E-state index contributed by atoms with van der Waals surface area (Å²) in [4.78, 5) is 29.5. The Morgan fingerprint density at radius 3 is 2.11 bits per heavy atom. The van der Waals surface area contributed by atoms with Gasteiger partial charge in [-0.3, -0.25) is 9.59 Å². The number of carbonyl (C=O) groups is 2. The van der Waals surface area contributed by atoms with Gasteiger partial charge < -0.3 is 14.9 Å². The molecule has 3 rings (SSSR count). The van der Waals surface area contributed by atoms with Crippen molar-refractivity contribution in [2.75, 3.05) is 26.2 Å². The molecule has 1 aliphatic heterocycles. The Balaban J connectivity index is 2.06. The predicted octanol–water partition coefficient (Wildman–Crippen LogP) is 3.45. The lowest BCUT2D eigenvalue weighted by molar-refractivity contribution is -0.140. The van der Waals surface area contributed by atoms with Gasteiger partial charge in [0.05, 0.1) is 11.6 Å². The van der Waals surface area contributed by atoms with E-state index in [2.05, 4.69) is 18.7 Å². The maximum Gasteiger partial charge on any atom is 0.295 e. The van der Waals surface area contributed by atoms with E-state index in [1.807, 2.05) is 36.4 Å². The molecule has 0 unspecified atom stereocenters. The van der Waals surface area contributed by atoms with Gasteiger partial charge in [-0.1, -0.05) is 74.5 Å². The predicted molar refractivity (Wildman–Crippen MR) is 110 cm³/mol. The third-order valence-corrected chi connectivity index (χ3v) is 5.25. The third kappa shape index (κ3) is 3.85. The number of Topliss-reactive ketones (excluding diaryl/α,β-unsaturated/α-hetero) is 1. The summed E-state index contributed by atoms with van der Waals surface area (Å²) in [7, 11) is 0. The van der Waals surface area contributed by atoms with Crippen molar-refractivity contribution in [1.29, 1.82) is 0 Å². The van der Waals surface area contributed by atoms with Crippen molar-refractivity contribution >= 4 is 17.4 Å². The fraction of sp³-hybridized carbons (Fsp3) is 0.304. The van der Waals surface area contributed by atoms with E-state index in [1.54, 1.807) is 29.2 Å². The minimum atomic E-state index is -0.630. The van der Waals surface area contributed by atoms with Gasteiger partial charge in [-0.2, -0.15) is 0 Å². The molecule has 0 bridgehead atoms. The second-order valence-electron chi connectivity index (χ2n) is 6.80. The Labute approximate surface area is 165 Å². The number of hydrogen-bond acceptors (Lipinski definition) is 4.